The third-order valence-corrected chi connectivity index (χ3v) is 4.34. The zero-order chi connectivity index (χ0) is 14.4. The summed E-state index contributed by atoms with van der Waals surface area (Å²) in [7, 11) is 1.89. The average molecular weight is 328 g/mol. The predicted molar refractivity (Wildman–Crippen MR) is 88.7 cm³/mol. The molecule has 0 unspecified atom stereocenters. The summed E-state index contributed by atoms with van der Waals surface area (Å²) >= 11 is 13.7. The van der Waals surface area contributed by atoms with Crippen LogP contribution in [0.5, 0.6) is 5.75 Å². The number of halogens is 2. The lowest BCUT2D eigenvalue weighted by Crippen LogP contribution is -2.00. The van der Waals surface area contributed by atoms with Crippen molar-refractivity contribution >= 4 is 40.7 Å². The van der Waals surface area contributed by atoms with E-state index in [-0.39, 0.29) is 0 Å². The molecule has 0 spiro atoms. The van der Waals surface area contributed by atoms with Gasteiger partial charge in [0.25, 0.3) is 0 Å². The van der Waals surface area contributed by atoms with Crippen molar-refractivity contribution in [2.24, 2.45) is 0 Å². The van der Waals surface area contributed by atoms with Gasteiger partial charge in [-0.05, 0) is 42.5 Å². The van der Waals surface area contributed by atoms with Crippen molar-refractivity contribution in [1.29, 1.82) is 0 Å². The molecule has 0 aliphatic rings. The molecule has 2 rings (SSSR count). The molecule has 2 aromatic rings. The lowest BCUT2D eigenvalue weighted by molar-refractivity contribution is 0.344. The topological polar surface area (TPSA) is 21.3 Å². The molecule has 0 aliphatic carbocycles. The van der Waals surface area contributed by atoms with Crippen LogP contribution in [0.4, 0.5) is 5.69 Å². The van der Waals surface area contributed by atoms with Crippen LogP contribution in [-0.4, -0.2) is 19.4 Å². The monoisotopic (exact) mass is 327 g/mol. The summed E-state index contributed by atoms with van der Waals surface area (Å²) in [5.74, 6) is 1.68. The maximum atomic E-state index is 6.10. The molecule has 1 N–H and O–H groups in total. The maximum absolute atomic E-state index is 6.10. The van der Waals surface area contributed by atoms with Gasteiger partial charge in [-0.1, -0.05) is 23.2 Å². The minimum Gasteiger partial charge on any atom is -0.493 e. The maximum Gasteiger partial charge on any atom is 0.119 e. The Bertz CT molecular complexity index is 560. The van der Waals surface area contributed by atoms with Gasteiger partial charge in [0.15, 0.2) is 0 Å². The number of hydrogen-bond donors (Lipinski definition) is 1. The van der Waals surface area contributed by atoms with Crippen LogP contribution >= 0.6 is 35.0 Å². The highest BCUT2D eigenvalue weighted by Gasteiger charge is 2.02. The Morgan fingerprint density at radius 1 is 1.10 bits per heavy atom. The van der Waals surface area contributed by atoms with Gasteiger partial charge >= 0.3 is 0 Å². The Morgan fingerprint density at radius 3 is 2.55 bits per heavy atom. The van der Waals surface area contributed by atoms with E-state index < -0.39 is 0 Å². The van der Waals surface area contributed by atoms with Gasteiger partial charge in [-0.3, -0.25) is 0 Å². The van der Waals surface area contributed by atoms with E-state index in [4.69, 9.17) is 27.9 Å². The van der Waals surface area contributed by atoms with Gasteiger partial charge in [0.05, 0.1) is 11.6 Å². The van der Waals surface area contributed by atoms with Crippen LogP contribution in [0.25, 0.3) is 0 Å². The Hall–Kier alpha value is -1.03. The molecule has 0 amide bonds. The van der Waals surface area contributed by atoms with Crippen LogP contribution in [0.2, 0.25) is 10.0 Å². The van der Waals surface area contributed by atoms with Crippen LogP contribution in [0.1, 0.15) is 0 Å². The minimum absolute atomic E-state index is 0.617. The van der Waals surface area contributed by atoms with Crippen molar-refractivity contribution in [2.45, 2.75) is 4.90 Å². The van der Waals surface area contributed by atoms with E-state index in [1.54, 1.807) is 17.8 Å². The average Bonchev–Trinajstić information content (AvgIpc) is 2.47. The summed E-state index contributed by atoms with van der Waals surface area (Å²) in [6.45, 7) is 0.617. The molecule has 0 bridgehead atoms. The molecule has 5 heteroatoms. The van der Waals surface area contributed by atoms with Gasteiger partial charge in [-0.25, -0.2) is 0 Å². The zero-order valence-corrected chi connectivity index (χ0v) is 13.4. The second-order valence-electron chi connectivity index (χ2n) is 4.05. The van der Waals surface area contributed by atoms with Crippen molar-refractivity contribution < 1.29 is 4.74 Å². The van der Waals surface area contributed by atoms with E-state index in [2.05, 4.69) is 5.32 Å². The quantitative estimate of drug-likeness (QED) is 0.581. The summed E-state index contributed by atoms with van der Waals surface area (Å²) in [6.07, 6.45) is 0. The molecule has 0 radical (unpaired) electrons. The first-order valence-corrected chi connectivity index (χ1v) is 7.91. The molecule has 2 nitrogen and oxygen atoms in total. The number of benzene rings is 2. The SMILES string of the molecule is CNc1ccc(OCCSc2cc(Cl)ccc2Cl)cc1. The molecular weight excluding hydrogens is 313 g/mol. The van der Waals surface area contributed by atoms with Gasteiger partial charge in [0.2, 0.25) is 0 Å². The molecule has 20 heavy (non-hydrogen) atoms. The largest absolute Gasteiger partial charge is 0.493 e. The molecule has 0 aliphatic heterocycles. The molecular formula is C15H15Cl2NOS. The number of hydrogen-bond acceptors (Lipinski definition) is 3. The van der Waals surface area contributed by atoms with Gasteiger partial charge < -0.3 is 10.1 Å². The third kappa shape index (κ3) is 4.51. The highest BCUT2D eigenvalue weighted by atomic mass is 35.5. The second kappa shape index (κ2) is 7.67. The van der Waals surface area contributed by atoms with E-state index >= 15 is 0 Å². The Morgan fingerprint density at radius 2 is 1.85 bits per heavy atom. The van der Waals surface area contributed by atoms with Crippen molar-refractivity contribution in [3.05, 3.63) is 52.5 Å². The fourth-order valence-corrected chi connectivity index (χ4v) is 2.94. The number of thioether (sulfide) groups is 1. The smallest absolute Gasteiger partial charge is 0.119 e. The van der Waals surface area contributed by atoms with Crippen LogP contribution < -0.4 is 10.1 Å². The third-order valence-electron chi connectivity index (χ3n) is 2.65. The van der Waals surface area contributed by atoms with E-state index in [0.717, 1.165) is 27.1 Å². The van der Waals surface area contributed by atoms with Crippen molar-refractivity contribution in [3.63, 3.8) is 0 Å². The molecule has 0 fully saturated rings. The Balaban J connectivity index is 1.79. The van der Waals surface area contributed by atoms with Crippen molar-refractivity contribution in [2.75, 3.05) is 24.7 Å². The highest BCUT2D eigenvalue weighted by molar-refractivity contribution is 7.99. The Kier molecular flexibility index (Phi) is 5.89. The van der Waals surface area contributed by atoms with Gasteiger partial charge in [0.1, 0.15) is 5.75 Å². The molecule has 0 aromatic heterocycles. The molecule has 0 atom stereocenters. The van der Waals surface area contributed by atoms with Crippen molar-refractivity contribution in [3.8, 4) is 5.75 Å². The van der Waals surface area contributed by atoms with Crippen LogP contribution in [0.15, 0.2) is 47.4 Å². The first-order valence-electron chi connectivity index (χ1n) is 6.17. The molecule has 0 saturated carbocycles. The molecule has 2 aromatic carbocycles. The second-order valence-corrected chi connectivity index (χ2v) is 6.03. The first-order chi connectivity index (χ1) is 9.69. The van der Waals surface area contributed by atoms with Crippen LogP contribution in [0.3, 0.4) is 0 Å². The summed E-state index contributed by atoms with van der Waals surface area (Å²) in [4.78, 5) is 0.980. The highest BCUT2D eigenvalue weighted by Crippen LogP contribution is 2.29. The number of anilines is 1. The minimum atomic E-state index is 0.617. The lowest BCUT2D eigenvalue weighted by atomic mass is 10.3. The molecule has 0 saturated heterocycles. The lowest BCUT2D eigenvalue weighted by Gasteiger charge is -2.08. The summed E-state index contributed by atoms with van der Waals surface area (Å²) < 4.78 is 5.67. The fourth-order valence-electron chi connectivity index (χ4n) is 1.62. The summed E-state index contributed by atoms with van der Waals surface area (Å²) in [5, 5.41) is 4.48. The fraction of sp³-hybridized carbons (Fsp3) is 0.200. The predicted octanol–water partition coefficient (Wildman–Crippen LogP) is 5.21. The zero-order valence-electron chi connectivity index (χ0n) is 11.0. The van der Waals surface area contributed by atoms with E-state index in [1.165, 1.54) is 0 Å². The van der Waals surface area contributed by atoms with E-state index in [1.807, 2.05) is 43.4 Å². The molecule has 0 heterocycles. The summed E-state index contributed by atoms with van der Waals surface area (Å²) in [5.41, 5.74) is 1.07. The summed E-state index contributed by atoms with van der Waals surface area (Å²) in [6, 6.07) is 13.3. The number of nitrogens with one attached hydrogen (secondary N) is 1. The molecule has 106 valence electrons. The Labute approximate surface area is 133 Å². The van der Waals surface area contributed by atoms with Crippen molar-refractivity contribution in [1.82, 2.24) is 0 Å². The van der Waals surface area contributed by atoms with Crippen LogP contribution in [0, 0.1) is 0 Å². The standard InChI is InChI=1S/C15H15Cl2NOS/c1-18-12-3-5-13(6-4-12)19-8-9-20-15-10-11(16)2-7-14(15)17/h2-7,10,18H,8-9H2,1H3. The van der Waals surface area contributed by atoms with Crippen LogP contribution in [-0.2, 0) is 0 Å². The normalized spacial score (nSPS) is 10.3. The van der Waals surface area contributed by atoms with Gasteiger partial charge in [-0.15, -0.1) is 11.8 Å². The van der Waals surface area contributed by atoms with Gasteiger partial charge in [0, 0.05) is 28.4 Å². The number of ether oxygens (including phenoxy) is 1. The van der Waals surface area contributed by atoms with E-state index in [9.17, 15) is 0 Å². The first kappa shape index (κ1) is 15.4. The van der Waals surface area contributed by atoms with Gasteiger partial charge in [-0.2, -0.15) is 0 Å². The number of rotatable bonds is 6. The van der Waals surface area contributed by atoms with E-state index in [0.29, 0.717) is 11.6 Å².